The van der Waals surface area contributed by atoms with Crippen LogP contribution < -0.4 is 16.0 Å². The maximum absolute atomic E-state index is 11.2. The molecule has 0 saturated carbocycles. The predicted molar refractivity (Wildman–Crippen MR) is 61.5 cm³/mol. The third kappa shape index (κ3) is 6.93. The highest BCUT2D eigenvalue weighted by atomic mass is 16.4. The molecule has 0 aliphatic heterocycles. The quantitative estimate of drug-likeness (QED) is 0.450. The van der Waals surface area contributed by atoms with Crippen LogP contribution in [0, 0.1) is 0 Å². The number of hydrogen-bond acceptors (Lipinski definition) is 3. The molecule has 7 heteroatoms. The van der Waals surface area contributed by atoms with E-state index >= 15 is 0 Å². The van der Waals surface area contributed by atoms with Gasteiger partial charge in [0.1, 0.15) is 6.04 Å². The molecular formula is C10H17N3O4. The van der Waals surface area contributed by atoms with E-state index in [1.165, 1.54) is 6.08 Å². The molecule has 0 spiro atoms. The van der Waals surface area contributed by atoms with Crippen LogP contribution in [-0.4, -0.2) is 42.1 Å². The van der Waals surface area contributed by atoms with Gasteiger partial charge in [-0.1, -0.05) is 6.08 Å². The molecule has 0 aromatic heterocycles. The van der Waals surface area contributed by atoms with E-state index in [4.69, 9.17) is 5.11 Å². The maximum atomic E-state index is 11.2. The third-order valence-electron chi connectivity index (χ3n) is 1.79. The molecule has 7 nitrogen and oxygen atoms in total. The average molecular weight is 243 g/mol. The van der Waals surface area contributed by atoms with Gasteiger partial charge in [0.05, 0.1) is 6.54 Å². The van der Waals surface area contributed by atoms with Crippen molar-refractivity contribution < 1.29 is 19.5 Å². The zero-order valence-corrected chi connectivity index (χ0v) is 9.66. The van der Waals surface area contributed by atoms with E-state index < -0.39 is 18.0 Å². The molecule has 3 amide bonds. The number of nitrogens with one attached hydrogen (secondary N) is 3. The molecule has 0 rings (SSSR count). The molecule has 1 atom stereocenters. The Morgan fingerprint density at radius 3 is 2.47 bits per heavy atom. The first kappa shape index (κ1) is 14.9. The van der Waals surface area contributed by atoms with E-state index in [1.54, 1.807) is 6.92 Å². The van der Waals surface area contributed by atoms with E-state index in [-0.39, 0.29) is 18.9 Å². The van der Waals surface area contributed by atoms with Crippen LogP contribution in [0.4, 0.5) is 4.79 Å². The minimum absolute atomic E-state index is 0.115. The Morgan fingerprint density at radius 2 is 2.00 bits per heavy atom. The predicted octanol–water partition coefficient (Wildman–Crippen LogP) is -0.549. The van der Waals surface area contributed by atoms with E-state index in [9.17, 15) is 14.4 Å². The van der Waals surface area contributed by atoms with Gasteiger partial charge < -0.3 is 21.1 Å². The number of carboxylic acids is 1. The Morgan fingerprint density at radius 1 is 1.35 bits per heavy atom. The molecule has 0 bridgehead atoms. The lowest BCUT2D eigenvalue weighted by atomic mass is 10.2. The second-order valence-electron chi connectivity index (χ2n) is 3.20. The zero-order valence-electron chi connectivity index (χ0n) is 9.66. The molecule has 0 fully saturated rings. The topological polar surface area (TPSA) is 108 Å². The van der Waals surface area contributed by atoms with Gasteiger partial charge in [-0.3, -0.25) is 4.79 Å². The third-order valence-corrected chi connectivity index (χ3v) is 1.79. The molecule has 1 unspecified atom stereocenters. The van der Waals surface area contributed by atoms with Crippen molar-refractivity contribution in [3.63, 3.8) is 0 Å². The van der Waals surface area contributed by atoms with Gasteiger partial charge in [-0.05, 0) is 13.3 Å². The standard InChI is InChI=1S/C10H17N3O4/c1-3-5-7(9(15)16)13-10(17)12-6-8(14)11-4-2/h3,7H,1,4-6H2,2H3,(H,11,14)(H,15,16)(H2,12,13,17). The molecule has 96 valence electrons. The molecule has 0 aromatic carbocycles. The normalized spacial score (nSPS) is 11.1. The van der Waals surface area contributed by atoms with Gasteiger partial charge in [-0.2, -0.15) is 0 Å². The van der Waals surface area contributed by atoms with Gasteiger partial charge in [-0.15, -0.1) is 6.58 Å². The largest absolute Gasteiger partial charge is 0.480 e. The summed E-state index contributed by atoms with van der Waals surface area (Å²) in [5.41, 5.74) is 0. The van der Waals surface area contributed by atoms with Gasteiger partial charge in [0.25, 0.3) is 0 Å². The average Bonchev–Trinajstić information content (AvgIpc) is 2.26. The Balaban J connectivity index is 4.02. The number of likely N-dealkylation sites (N-methyl/N-ethyl adjacent to an activating group) is 1. The van der Waals surface area contributed by atoms with Crippen molar-refractivity contribution in [2.45, 2.75) is 19.4 Å². The summed E-state index contributed by atoms with van der Waals surface area (Å²) >= 11 is 0. The zero-order chi connectivity index (χ0) is 13.3. The second-order valence-corrected chi connectivity index (χ2v) is 3.20. The van der Waals surface area contributed by atoms with Crippen molar-refractivity contribution in [3.8, 4) is 0 Å². The van der Waals surface area contributed by atoms with Crippen molar-refractivity contribution in [2.24, 2.45) is 0 Å². The number of carboxylic acid groups (broad SMARTS) is 1. The SMILES string of the molecule is C=CCC(NC(=O)NCC(=O)NCC)C(=O)O. The fraction of sp³-hybridized carbons (Fsp3) is 0.500. The number of rotatable bonds is 7. The highest BCUT2D eigenvalue weighted by Crippen LogP contribution is 1.92. The molecular weight excluding hydrogens is 226 g/mol. The van der Waals surface area contributed by atoms with Gasteiger partial charge in [0.2, 0.25) is 5.91 Å². The van der Waals surface area contributed by atoms with E-state index in [1.807, 2.05) is 0 Å². The Labute approximate surface area is 99.3 Å². The summed E-state index contributed by atoms with van der Waals surface area (Å²) in [7, 11) is 0. The minimum Gasteiger partial charge on any atom is -0.480 e. The highest BCUT2D eigenvalue weighted by Gasteiger charge is 2.18. The van der Waals surface area contributed by atoms with E-state index in [0.29, 0.717) is 6.54 Å². The lowest BCUT2D eigenvalue weighted by Crippen LogP contribution is -2.48. The van der Waals surface area contributed by atoms with Gasteiger partial charge >= 0.3 is 12.0 Å². The summed E-state index contributed by atoms with van der Waals surface area (Å²) in [5.74, 6) is -1.49. The first-order valence-corrected chi connectivity index (χ1v) is 5.16. The van der Waals surface area contributed by atoms with Crippen molar-refractivity contribution >= 4 is 17.9 Å². The van der Waals surface area contributed by atoms with Crippen molar-refractivity contribution in [2.75, 3.05) is 13.1 Å². The number of urea groups is 1. The van der Waals surface area contributed by atoms with E-state index in [0.717, 1.165) is 0 Å². The van der Waals surface area contributed by atoms with Crippen LogP contribution in [0.1, 0.15) is 13.3 Å². The summed E-state index contributed by atoms with van der Waals surface area (Å²) in [4.78, 5) is 32.9. The molecule has 0 aliphatic rings. The smallest absolute Gasteiger partial charge is 0.326 e. The molecule has 0 aromatic rings. The Hall–Kier alpha value is -2.05. The maximum Gasteiger partial charge on any atom is 0.326 e. The number of carbonyl (C=O) groups excluding carboxylic acids is 2. The number of hydrogen-bond donors (Lipinski definition) is 4. The fourth-order valence-electron chi connectivity index (χ4n) is 1.02. The molecule has 0 radical (unpaired) electrons. The van der Waals surface area contributed by atoms with Crippen molar-refractivity contribution in [1.82, 2.24) is 16.0 Å². The van der Waals surface area contributed by atoms with Crippen LogP contribution in [0.15, 0.2) is 12.7 Å². The van der Waals surface area contributed by atoms with Crippen LogP contribution in [0.5, 0.6) is 0 Å². The van der Waals surface area contributed by atoms with Crippen LogP contribution in [0.3, 0.4) is 0 Å². The summed E-state index contributed by atoms with van der Waals surface area (Å²) in [6, 6.07) is -1.74. The van der Waals surface area contributed by atoms with Crippen molar-refractivity contribution in [1.29, 1.82) is 0 Å². The first-order chi connectivity index (χ1) is 8.01. The van der Waals surface area contributed by atoms with Crippen LogP contribution in [0.25, 0.3) is 0 Å². The molecule has 4 N–H and O–H groups in total. The monoisotopic (exact) mass is 243 g/mol. The van der Waals surface area contributed by atoms with Crippen molar-refractivity contribution in [3.05, 3.63) is 12.7 Å². The molecule has 0 saturated heterocycles. The van der Waals surface area contributed by atoms with Gasteiger partial charge in [0, 0.05) is 6.54 Å². The molecule has 0 heterocycles. The van der Waals surface area contributed by atoms with Crippen LogP contribution in [0.2, 0.25) is 0 Å². The Kier molecular flexibility index (Phi) is 7.16. The fourth-order valence-corrected chi connectivity index (χ4v) is 1.02. The second kappa shape index (κ2) is 8.14. The molecule has 0 aliphatic carbocycles. The number of carbonyl (C=O) groups is 3. The summed E-state index contributed by atoms with van der Waals surface area (Å²) in [5, 5.41) is 15.7. The first-order valence-electron chi connectivity index (χ1n) is 5.16. The Bertz CT molecular complexity index is 304. The number of amides is 3. The summed E-state index contributed by atoms with van der Waals surface area (Å²) in [6.07, 6.45) is 1.51. The lowest BCUT2D eigenvalue weighted by molar-refractivity contribution is -0.139. The van der Waals surface area contributed by atoms with Gasteiger partial charge in [0.15, 0.2) is 0 Å². The summed E-state index contributed by atoms with van der Waals surface area (Å²) < 4.78 is 0. The molecule has 17 heavy (non-hydrogen) atoms. The number of aliphatic carboxylic acids is 1. The van der Waals surface area contributed by atoms with E-state index in [2.05, 4.69) is 22.5 Å². The van der Waals surface area contributed by atoms with Crippen LogP contribution in [-0.2, 0) is 9.59 Å². The summed E-state index contributed by atoms with van der Waals surface area (Å²) in [6.45, 7) is 5.42. The lowest BCUT2D eigenvalue weighted by Gasteiger charge is -2.13. The van der Waals surface area contributed by atoms with Crippen LogP contribution >= 0.6 is 0 Å². The van der Waals surface area contributed by atoms with Gasteiger partial charge in [-0.25, -0.2) is 9.59 Å². The highest BCUT2D eigenvalue weighted by molar-refractivity contribution is 5.86. The minimum atomic E-state index is -1.15.